The van der Waals surface area contributed by atoms with Crippen molar-refractivity contribution >= 4 is 5.97 Å². The summed E-state index contributed by atoms with van der Waals surface area (Å²) < 4.78 is 10.4. The molecule has 0 aliphatic carbocycles. The lowest BCUT2D eigenvalue weighted by molar-refractivity contribution is 0.0522. The largest absolute Gasteiger partial charge is 0.493 e. The summed E-state index contributed by atoms with van der Waals surface area (Å²) in [5.74, 6) is 0.277. The van der Waals surface area contributed by atoms with Gasteiger partial charge in [-0.25, -0.2) is 4.79 Å². The molecular weight excluding hydrogens is 204 g/mol. The Bertz CT molecular complexity index is 358. The van der Waals surface area contributed by atoms with Crippen LogP contribution in [0.15, 0.2) is 18.2 Å². The van der Waals surface area contributed by atoms with E-state index in [1.165, 1.54) is 0 Å². The Kier molecular flexibility index (Phi) is 4.83. The number of benzene rings is 1. The molecule has 0 radical (unpaired) electrons. The number of carbonyl (C=O) groups is 1. The molecule has 0 heterocycles. The van der Waals surface area contributed by atoms with Crippen LogP contribution in [0.4, 0.5) is 0 Å². The van der Waals surface area contributed by atoms with E-state index in [9.17, 15) is 4.79 Å². The van der Waals surface area contributed by atoms with Crippen LogP contribution in [0.5, 0.6) is 5.75 Å². The average molecular weight is 222 g/mol. The van der Waals surface area contributed by atoms with Crippen molar-refractivity contribution in [2.24, 2.45) is 0 Å². The fraction of sp³-hybridized carbons (Fsp3) is 0.462. The van der Waals surface area contributed by atoms with Crippen molar-refractivity contribution in [2.75, 3.05) is 13.2 Å². The number of esters is 1. The van der Waals surface area contributed by atoms with E-state index in [0.29, 0.717) is 24.5 Å². The van der Waals surface area contributed by atoms with E-state index in [-0.39, 0.29) is 5.97 Å². The second-order valence-corrected chi connectivity index (χ2v) is 3.34. The third-order valence-corrected chi connectivity index (χ3v) is 2.25. The van der Waals surface area contributed by atoms with Gasteiger partial charge in [-0.2, -0.15) is 0 Å². The van der Waals surface area contributed by atoms with E-state index in [0.717, 1.165) is 12.0 Å². The molecule has 1 aromatic carbocycles. The molecule has 1 aromatic rings. The predicted octanol–water partition coefficient (Wildman–Crippen LogP) is 2.82. The molecule has 0 atom stereocenters. The standard InChI is InChI=1S/C13H18O3/c1-4-10-7-8-12(15-5-2)11(9-10)13(14)16-6-3/h7-9H,4-6H2,1-3H3. The van der Waals surface area contributed by atoms with Gasteiger partial charge in [0, 0.05) is 0 Å². The average Bonchev–Trinajstić information content (AvgIpc) is 2.30. The van der Waals surface area contributed by atoms with Gasteiger partial charge in [-0.3, -0.25) is 0 Å². The smallest absolute Gasteiger partial charge is 0.341 e. The highest BCUT2D eigenvalue weighted by Gasteiger charge is 2.13. The summed E-state index contributed by atoms with van der Waals surface area (Å²) in [6, 6.07) is 5.63. The molecule has 0 saturated heterocycles. The Hall–Kier alpha value is -1.51. The van der Waals surface area contributed by atoms with E-state index in [2.05, 4.69) is 0 Å². The van der Waals surface area contributed by atoms with Crippen LogP contribution in [0.1, 0.15) is 36.7 Å². The molecule has 0 fully saturated rings. The lowest BCUT2D eigenvalue weighted by Crippen LogP contribution is -2.08. The summed E-state index contributed by atoms with van der Waals surface area (Å²) in [4.78, 5) is 11.7. The molecule has 0 spiro atoms. The number of hydrogen-bond acceptors (Lipinski definition) is 3. The maximum absolute atomic E-state index is 11.7. The van der Waals surface area contributed by atoms with Crippen molar-refractivity contribution < 1.29 is 14.3 Å². The summed E-state index contributed by atoms with van der Waals surface area (Å²) >= 11 is 0. The monoisotopic (exact) mass is 222 g/mol. The third-order valence-electron chi connectivity index (χ3n) is 2.25. The van der Waals surface area contributed by atoms with Crippen molar-refractivity contribution in [1.29, 1.82) is 0 Å². The van der Waals surface area contributed by atoms with Crippen molar-refractivity contribution in [2.45, 2.75) is 27.2 Å². The van der Waals surface area contributed by atoms with Gasteiger partial charge in [0.15, 0.2) is 0 Å². The Morgan fingerprint density at radius 1 is 1.19 bits per heavy atom. The Labute approximate surface area is 96.4 Å². The minimum absolute atomic E-state index is 0.318. The second-order valence-electron chi connectivity index (χ2n) is 3.34. The van der Waals surface area contributed by atoms with Crippen molar-refractivity contribution in [3.63, 3.8) is 0 Å². The summed E-state index contributed by atoms with van der Waals surface area (Å²) in [6.45, 7) is 6.65. The molecule has 0 aliphatic rings. The van der Waals surface area contributed by atoms with Crippen LogP contribution >= 0.6 is 0 Å². The zero-order valence-corrected chi connectivity index (χ0v) is 10.1. The highest BCUT2D eigenvalue weighted by Crippen LogP contribution is 2.21. The lowest BCUT2D eigenvalue weighted by Gasteiger charge is -2.10. The van der Waals surface area contributed by atoms with Crippen LogP contribution in [-0.4, -0.2) is 19.2 Å². The van der Waals surface area contributed by atoms with E-state index in [1.54, 1.807) is 6.92 Å². The summed E-state index contributed by atoms with van der Waals surface area (Å²) in [6.07, 6.45) is 0.888. The molecule has 3 heteroatoms. The minimum atomic E-state index is -0.318. The molecule has 0 aromatic heterocycles. The third kappa shape index (κ3) is 2.99. The topological polar surface area (TPSA) is 35.5 Å². The maximum Gasteiger partial charge on any atom is 0.341 e. The molecule has 0 unspecified atom stereocenters. The van der Waals surface area contributed by atoms with Gasteiger partial charge in [-0.1, -0.05) is 13.0 Å². The number of rotatable bonds is 5. The van der Waals surface area contributed by atoms with Crippen LogP contribution in [0.25, 0.3) is 0 Å². The fourth-order valence-corrected chi connectivity index (χ4v) is 1.45. The second kappa shape index (κ2) is 6.16. The van der Waals surface area contributed by atoms with E-state index in [1.807, 2.05) is 32.0 Å². The summed E-state index contributed by atoms with van der Waals surface area (Å²) in [5, 5.41) is 0. The quantitative estimate of drug-likeness (QED) is 0.719. The minimum Gasteiger partial charge on any atom is -0.493 e. The Morgan fingerprint density at radius 2 is 1.94 bits per heavy atom. The fourth-order valence-electron chi connectivity index (χ4n) is 1.45. The van der Waals surface area contributed by atoms with Gasteiger partial charge in [0.1, 0.15) is 11.3 Å². The van der Waals surface area contributed by atoms with Crippen LogP contribution in [0.2, 0.25) is 0 Å². The molecule has 0 saturated carbocycles. The van der Waals surface area contributed by atoms with Gasteiger partial charge >= 0.3 is 5.97 Å². The molecular formula is C13H18O3. The van der Waals surface area contributed by atoms with Crippen LogP contribution in [0.3, 0.4) is 0 Å². The molecule has 0 amide bonds. The van der Waals surface area contributed by atoms with Gasteiger partial charge in [0.25, 0.3) is 0 Å². The molecule has 0 aliphatic heterocycles. The van der Waals surface area contributed by atoms with E-state index >= 15 is 0 Å². The first kappa shape index (κ1) is 12.6. The number of ether oxygens (including phenoxy) is 2. The van der Waals surface area contributed by atoms with Crippen LogP contribution in [0, 0.1) is 0 Å². The Balaban J connectivity index is 3.04. The SMILES string of the molecule is CCOC(=O)c1cc(CC)ccc1OCC. The molecule has 0 N–H and O–H groups in total. The highest BCUT2D eigenvalue weighted by molar-refractivity contribution is 5.92. The summed E-state index contributed by atoms with van der Waals surface area (Å²) in [5.41, 5.74) is 1.62. The number of hydrogen-bond donors (Lipinski definition) is 0. The van der Waals surface area contributed by atoms with Gasteiger partial charge in [0.05, 0.1) is 13.2 Å². The molecule has 88 valence electrons. The summed E-state index contributed by atoms with van der Waals surface area (Å²) in [7, 11) is 0. The first-order valence-corrected chi connectivity index (χ1v) is 5.65. The lowest BCUT2D eigenvalue weighted by atomic mass is 10.1. The van der Waals surface area contributed by atoms with Gasteiger partial charge in [-0.15, -0.1) is 0 Å². The van der Waals surface area contributed by atoms with E-state index < -0.39 is 0 Å². The zero-order valence-electron chi connectivity index (χ0n) is 10.1. The van der Waals surface area contributed by atoms with Gasteiger partial charge < -0.3 is 9.47 Å². The Morgan fingerprint density at radius 3 is 2.50 bits per heavy atom. The molecule has 3 nitrogen and oxygen atoms in total. The van der Waals surface area contributed by atoms with Crippen molar-refractivity contribution in [3.05, 3.63) is 29.3 Å². The zero-order chi connectivity index (χ0) is 12.0. The maximum atomic E-state index is 11.7. The molecule has 16 heavy (non-hydrogen) atoms. The highest BCUT2D eigenvalue weighted by atomic mass is 16.5. The van der Waals surface area contributed by atoms with Gasteiger partial charge in [0.2, 0.25) is 0 Å². The number of carbonyl (C=O) groups excluding carboxylic acids is 1. The first-order chi connectivity index (χ1) is 7.72. The molecule has 0 bridgehead atoms. The molecule has 1 rings (SSSR count). The van der Waals surface area contributed by atoms with E-state index in [4.69, 9.17) is 9.47 Å². The van der Waals surface area contributed by atoms with Crippen molar-refractivity contribution in [3.8, 4) is 5.75 Å². The first-order valence-electron chi connectivity index (χ1n) is 5.65. The van der Waals surface area contributed by atoms with Crippen molar-refractivity contribution in [1.82, 2.24) is 0 Å². The number of aryl methyl sites for hydroxylation is 1. The van der Waals surface area contributed by atoms with Crippen LogP contribution < -0.4 is 4.74 Å². The van der Waals surface area contributed by atoms with Gasteiger partial charge in [-0.05, 0) is 38.0 Å². The normalized spacial score (nSPS) is 9.94. The van der Waals surface area contributed by atoms with Crippen LogP contribution in [-0.2, 0) is 11.2 Å². The predicted molar refractivity (Wildman–Crippen MR) is 62.9 cm³/mol.